The molecule has 1 atom stereocenters. The van der Waals surface area contributed by atoms with Crippen molar-refractivity contribution in [3.63, 3.8) is 0 Å². The molecular formula is C12H19N3O2. The Morgan fingerprint density at radius 2 is 2.29 bits per heavy atom. The zero-order chi connectivity index (χ0) is 12.7. The smallest absolute Gasteiger partial charge is 0.356 e. The van der Waals surface area contributed by atoms with E-state index in [1.165, 1.54) is 7.11 Å². The fourth-order valence-corrected chi connectivity index (χ4v) is 1.47. The first-order valence-electron chi connectivity index (χ1n) is 5.60. The van der Waals surface area contributed by atoms with E-state index in [0.717, 1.165) is 18.8 Å². The van der Waals surface area contributed by atoms with E-state index in [1.807, 2.05) is 13.1 Å². The number of hydrogen-bond donors (Lipinski definition) is 2. The van der Waals surface area contributed by atoms with Gasteiger partial charge in [0.25, 0.3) is 0 Å². The van der Waals surface area contributed by atoms with Gasteiger partial charge in [-0.15, -0.1) is 0 Å². The predicted molar refractivity (Wildman–Crippen MR) is 67.2 cm³/mol. The van der Waals surface area contributed by atoms with Crippen molar-refractivity contribution >= 4 is 11.7 Å². The SMILES string of the molecule is CNCC(C)CNc1ccnc(C(=O)OC)c1. The van der Waals surface area contributed by atoms with Gasteiger partial charge >= 0.3 is 5.97 Å². The monoisotopic (exact) mass is 237 g/mol. The van der Waals surface area contributed by atoms with Crippen LogP contribution < -0.4 is 10.6 Å². The van der Waals surface area contributed by atoms with Gasteiger partial charge in [0.2, 0.25) is 0 Å². The molecule has 1 aromatic heterocycles. The lowest BCUT2D eigenvalue weighted by Crippen LogP contribution is -2.22. The Bertz CT molecular complexity index is 369. The van der Waals surface area contributed by atoms with Crippen LogP contribution in [-0.4, -0.2) is 38.2 Å². The van der Waals surface area contributed by atoms with Gasteiger partial charge in [0.15, 0.2) is 0 Å². The number of pyridine rings is 1. The maximum Gasteiger partial charge on any atom is 0.356 e. The molecule has 17 heavy (non-hydrogen) atoms. The minimum absolute atomic E-state index is 0.318. The minimum atomic E-state index is -0.420. The summed E-state index contributed by atoms with van der Waals surface area (Å²) in [5, 5.41) is 6.38. The van der Waals surface area contributed by atoms with Crippen LogP contribution in [0.3, 0.4) is 0 Å². The van der Waals surface area contributed by atoms with Crippen LogP contribution in [0, 0.1) is 5.92 Å². The molecule has 0 bridgehead atoms. The Kier molecular flexibility index (Phi) is 5.42. The number of hydrogen-bond acceptors (Lipinski definition) is 5. The van der Waals surface area contributed by atoms with Gasteiger partial charge in [-0.2, -0.15) is 0 Å². The van der Waals surface area contributed by atoms with Gasteiger partial charge in [-0.05, 0) is 31.6 Å². The zero-order valence-electron chi connectivity index (χ0n) is 10.5. The van der Waals surface area contributed by atoms with Gasteiger partial charge in [-0.1, -0.05) is 6.92 Å². The number of carbonyl (C=O) groups excluding carboxylic acids is 1. The first kappa shape index (κ1) is 13.4. The summed E-state index contributed by atoms with van der Waals surface area (Å²) < 4.78 is 4.62. The van der Waals surface area contributed by atoms with E-state index in [1.54, 1.807) is 12.3 Å². The molecule has 1 aromatic rings. The summed E-state index contributed by atoms with van der Waals surface area (Å²) >= 11 is 0. The number of nitrogens with one attached hydrogen (secondary N) is 2. The van der Waals surface area contributed by atoms with Gasteiger partial charge in [-0.25, -0.2) is 9.78 Å². The molecule has 0 aliphatic heterocycles. The van der Waals surface area contributed by atoms with Crippen molar-refractivity contribution in [2.75, 3.05) is 32.6 Å². The molecule has 0 spiro atoms. The second kappa shape index (κ2) is 6.85. The van der Waals surface area contributed by atoms with E-state index >= 15 is 0 Å². The second-order valence-electron chi connectivity index (χ2n) is 3.97. The van der Waals surface area contributed by atoms with Crippen LogP contribution in [-0.2, 0) is 4.74 Å². The van der Waals surface area contributed by atoms with Crippen LogP contribution in [0.4, 0.5) is 5.69 Å². The van der Waals surface area contributed by atoms with Crippen LogP contribution in [0.5, 0.6) is 0 Å². The van der Waals surface area contributed by atoms with Gasteiger partial charge in [-0.3, -0.25) is 0 Å². The predicted octanol–water partition coefficient (Wildman–Crippen LogP) is 1.14. The number of ether oxygens (including phenoxy) is 1. The van der Waals surface area contributed by atoms with E-state index in [4.69, 9.17) is 0 Å². The third-order valence-electron chi connectivity index (χ3n) is 2.36. The highest BCUT2D eigenvalue weighted by Crippen LogP contribution is 2.09. The third-order valence-corrected chi connectivity index (χ3v) is 2.36. The van der Waals surface area contributed by atoms with E-state index in [2.05, 4.69) is 27.3 Å². The summed E-state index contributed by atoms with van der Waals surface area (Å²) in [6.07, 6.45) is 1.59. The molecule has 0 amide bonds. The van der Waals surface area contributed by atoms with Crippen LogP contribution in [0.1, 0.15) is 17.4 Å². The molecule has 0 aromatic carbocycles. The van der Waals surface area contributed by atoms with Crippen molar-refractivity contribution in [1.29, 1.82) is 0 Å². The van der Waals surface area contributed by atoms with Crippen molar-refractivity contribution in [1.82, 2.24) is 10.3 Å². The topological polar surface area (TPSA) is 63.2 Å². The third kappa shape index (κ3) is 4.40. The zero-order valence-corrected chi connectivity index (χ0v) is 10.5. The summed E-state index contributed by atoms with van der Waals surface area (Å²) in [6.45, 7) is 3.93. The Hall–Kier alpha value is -1.62. The molecule has 0 saturated heterocycles. The summed E-state index contributed by atoms with van der Waals surface area (Å²) in [5.41, 5.74) is 1.20. The Morgan fingerprint density at radius 1 is 1.53 bits per heavy atom. The number of aromatic nitrogens is 1. The first-order chi connectivity index (χ1) is 8.17. The molecular weight excluding hydrogens is 218 g/mol. The van der Waals surface area contributed by atoms with Crippen molar-refractivity contribution in [3.8, 4) is 0 Å². The van der Waals surface area contributed by atoms with Gasteiger partial charge in [0, 0.05) is 18.4 Å². The number of methoxy groups -OCH3 is 1. The van der Waals surface area contributed by atoms with Crippen LogP contribution in [0.15, 0.2) is 18.3 Å². The molecule has 0 radical (unpaired) electrons. The molecule has 1 heterocycles. The van der Waals surface area contributed by atoms with Crippen molar-refractivity contribution < 1.29 is 9.53 Å². The molecule has 1 rings (SSSR count). The van der Waals surface area contributed by atoms with Crippen molar-refractivity contribution in [3.05, 3.63) is 24.0 Å². The van der Waals surface area contributed by atoms with Crippen LogP contribution in [0.2, 0.25) is 0 Å². The normalized spacial score (nSPS) is 11.9. The van der Waals surface area contributed by atoms with Gasteiger partial charge < -0.3 is 15.4 Å². The molecule has 0 fully saturated rings. The van der Waals surface area contributed by atoms with Crippen LogP contribution >= 0.6 is 0 Å². The fourth-order valence-electron chi connectivity index (χ4n) is 1.47. The standard InChI is InChI=1S/C12H19N3O2/c1-9(7-13-2)8-15-10-4-5-14-11(6-10)12(16)17-3/h4-6,9,13H,7-8H2,1-3H3,(H,14,15). The van der Waals surface area contributed by atoms with E-state index in [-0.39, 0.29) is 0 Å². The van der Waals surface area contributed by atoms with Crippen molar-refractivity contribution in [2.24, 2.45) is 5.92 Å². The molecule has 0 aliphatic carbocycles. The lowest BCUT2D eigenvalue weighted by Gasteiger charge is -2.13. The lowest BCUT2D eigenvalue weighted by molar-refractivity contribution is 0.0594. The Morgan fingerprint density at radius 3 is 2.94 bits per heavy atom. The summed E-state index contributed by atoms with van der Waals surface area (Å²) in [6, 6.07) is 3.52. The molecule has 1 unspecified atom stereocenters. The molecule has 94 valence electrons. The number of anilines is 1. The second-order valence-corrected chi connectivity index (χ2v) is 3.97. The quantitative estimate of drug-likeness (QED) is 0.726. The molecule has 2 N–H and O–H groups in total. The molecule has 0 saturated carbocycles. The average molecular weight is 237 g/mol. The van der Waals surface area contributed by atoms with Gasteiger partial charge in [0.05, 0.1) is 7.11 Å². The molecule has 0 aliphatic rings. The summed E-state index contributed by atoms with van der Waals surface area (Å²) in [4.78, 5) is 15.2. The number of rotatable bonds is 6. The highest BCUT2D eigenvalue weighted by molar-refractivity contribution is 5.88. The highest BCUT2D eigenvalue weighted by Gasteiger charge is 2.07. The summed E-state index contributed by atoms with van der Waals surface area (Å²) in [7, 11) is 3.28. The largest absolute Gasteiger partial charge is 0.464 e. The number of esters is 1. The number of nitrogens with zero attached hydrogens (tertiary/aromatic N) is 1. The minimum Gasteiger partial charge on any atom is -0.464 e. The fraction of sp³-hybridized carbons (Fsp3) is 0.500. The Balaban J connectivity index is 2.57. The highest BCUT2D eigenvalue weighted by atomic mass is 16.5. The summed E-state index contributed by atoms with van der Waals surface area (Å²) in [5.74, 6) is 0.0895. The maximum absolute atomic E-state index is 11.3. The first-order valence-corrected chi connectivity index (χ1v) is 5.60. The maximum atomic E-state index is 11.3. The molecule has 5 heteroatoms. The van der Waals surface area contributed by atoms with E-state index in [9.17, 15) is 4.79 Å². The lowest BCUT2D eigenvalue weighted by atomic mass is 10.2. The van der Waals surface area contributed by atoms with E-state index in [0.29, 0.717) is 11.6 Å². The molecule has 5 nitrogen and oxygen atoms in total. The number of carbonyl (C=O) groups is 1. The van der Waals surface area contributed by atoms with Gasteiger partial charge in [0.1, 0.15) is 5.69 Å². The Labute approximate surface area is 102 Å². The average Bonchev–Trinajstić information content (AvgIpc) is 2.36. The van der Waals surface area contributed by atoms with E-state index < -0.39 is 5.97 Å². The van der Waals surface area contributed by atoms with Crippen molar-refractivity contribution in [2.45, 2.75) is 6.92 Å². The van der Waals surface area contributed by atoms with Crippen LogP contribution in [0.25, 0.3) is 0 Å².